The van der Waals surface area contributed by atoms with Crippen molar-refractivity contribution in [1.29, 1.82) is 0 Å². The molecule has 0 atom stereocenters. The van der Waals surface area contributed by atoms with E-state index in [4.69, 9.17) is 0 Å². The van der Waals surface area contributed by atoms with Crippen LogP contribution in [0.4, 0.5) is 5.69 Å². The molecule has 0 spiro atoms. The number of rotatable bonds is 1. The third kappa shape index (κ3) is 4.22. The molecule has 0 aliphatic rings. The van der Waals surface area contributed by atoms with Gasteiger partial charge in [-0.15, -0.1) is 0 Å². The van der Waals surface area contributed by atoms with Crippen molar-refractivity contribution in [2.24, 2.45) is 5.41 Å². The van der Waals surface area contributed by atoms with Gasteiger partial charge in [-0.3, -0.25) is 4.79 Å². The zero-order valence-electron chi connectivity index (χ0n) is 12.6. The van der Waals surface area contributed by atoms with Gasteiger partial charge in [0.05, 0.1) is 5.69 Å². The van der Waals surface area contributed by atoms with Gasteiger partial charge in [-0.1, -0.05) is 62.9 Å². The van der Waals surface area contributed by atoms with E-state index in [9.17, 15) is 4.79 Å². The second kappa shape index (κ2) is 6.28. The second-order valence-corrected chi connectivity index (χ2v) is 5.87. The highest BCUT2D eigenvalue weighted by Crippen LogP contribution is 2.20. The molecule has 2 aromatic carbocycles. The van der Waals surface area contributed by atoms with Gasteiger partial charge in [0.15, 0.2) is 0 Å². The Hall–Kier alpha value is -2.53. The molecule has 0 saturated carbocycles. The van der Waals surface area contributed by atoms with E-state index in [2.05, 4.69) is 17.2 Å². The molecule has 0 aliphatic heterocycles. The molecule has 0 heterocycles. The van der Waals surface area contributed by atoms with Gasteiger partial charge < -0.3 is 5.32 Å². The maximum Gasteiger partial charge on any atom is 0.229 e. The summed E-state index contributed by atoms with van der Waals surface area (Å²) in [6.45, 7) is 5.67. The lowest BCUT2D eigenvalue weighted by Crippen LogP contribution is -2.27. The van der Waals surface area contributed by atoms with Crippen molar-refractivity contribution in [1.82, 2.24) is 0 Å². The highest BCUT2D eigenvalue weighted by Gasteiger charge is 2.21. The van der Waals surface area contributed by atoms with Gasteiger partial charge in [-0.05, 0) is 24.3 Å². The lowest BCUT2D eigenvalue weighted by atomic mass is 9.95. The number of carbonyl (C=O) groups excluding carboxylic acids is 1. The molecule has 2 heteroatoms. The van der Waals surface area contributed by atoms with E-state index >= 15 is 0 Å². The molecule has 0 radical (unpaired) electrons. The van der Waals surface area contributed by atoms with Crippen LogP contribution >= 0.6 is 0 Å². The van der Waals surface area contributed by atoms with E-state index in [1.807, 2.05) is 75.4 Å². The zero-order chi connectivity index (χ0) is 15.3. The van der Waals surface area contributed by atoms with Crippen LogP contribution in [0.5, 0.6) is 0 Å². The number of benzene rings is 2. The van der Waals surface area contributed by atoms with Gasteiger partial charge in [0.25, 0.3) is 0 Å². The van der Waals surface area contributed by atoms with Gasteiger partial charge in [0, 0.05) is 16.5 Å². The number of hydrogen-bond donors (Lipinski definition) is 1. The summed E-state index contributed by atoms with van der Waals surface area (Å²) < 4.78 is 0. The van der Waals surface area contributed by atoms with Crippen LogP contribution in [0.1, 0.15) is 31.9 Å². The van der Waals surface area contributed by atoms with Crippen LogP contribution in [0.25, 0.3) is 0 Å². The van der Waals surface area contributed by atoms with Crippen molar-refractivity contribution in [2.45, 2.75) is 20.8 Å². The Morgan fingerprint density at radius 2 is 1.52 bits per heavy atom. The van der Waals surface area contributed by atoms with Crippen LogP contribution in [0, 0.1) is 17.3 Å². The molecule has 1 amide bonds. The summed E-state index contributed by atoms with van der Waals surface area (Å²) in [5.74, 6) is 6.22. The molecule has 21 heavy (non-hydrogen) atoms. The highest BCUT2D eigenvalue weighted by atomic mass is 16.2. The Labute approximate surface area is 126 Å². The van der Waals surface area contributed by atoms with E-state index in [0.29, 0.717) is 0 Å². The molecular formula is C19H19NO. The van der Waals surface area contributed by atoms with Crippen LogP contribution in [0.15, 0.2) is 54.6 Å². The van der Waals surface area contributed by atoms with Gasteiger partial charge >= 0.3 is 0 Å². The summed E-state index contributed by atoms with van der Waals surface area (Å²) in [4.78, 5) is 12.1. The maximum atomic E-state index is 12.1. The minimum Gasteiger partial charge on any atom is -0.325 e. The number of hydrogen-bond acceptors (Lipinski definition) is 1. The van der Waals surface area contributed by atoms with E-state index in [-0.39, 0.29) is 5.91 Å². The number of carbonyl (C=O) groups is 1. The SMILES string of the molecule is CC(C)(C)C(=O)Nc1ccccc1C#Cc1ccccc1. The molecule has 0 aliphatic carbocycles. The average Bonchev–Trinajstić information content (AvgIpc) is 2.46. The van der Waals surface area contributed by atoms with Crippen molar-refractivity contribution < 1.29 is 4.79 Å². The minimum absolute atomic E-state index is 0.0172. The molecule has 0 fully saturated rings. The number of amides is 1. The summed E-state index contributed by atoms with van der Waals surface area (Å²) in [6, 6.07) is 17.4. The smallest absolute Gasteiger partial charge is 0.229 e. The summed E-state index contributed by atoms with van der Waals surface area (Å²) in [6.07, 6.45) is 0. The van der Waals surface area contributed by atoms with Crippen molar-refractivity contribution >= 4 is 11.6 Å². The first-order chi connectivity index (χ1) is 9.97. The van der Waals surface area contributed by atoms with E-state index in [1.165, 1.54) is 0 Å². The Morgan fingerprint density at radius 3 is 2.19 bits per heavy atom. The van der Waals surface area contributed by atoms with Gasteiger partial charge in [-0.2, -0.15) is 0 Å². The van der Waals surface area contributed by atoms with Crippen molar-refractivity contribution in [3.05, 3.63) is 65.7 Å². The van der Waals surface area contributed by atoms with Gasteiger partial charge in [-0.25, -0.2) is 0 Å². The van der Waals surface area contributed by atoms with E-state index < -0.39 is 5.41 Å². The third-order valence-corrected chi connectivity index (χ3v) is 2.97. The number of para-hydroxylation sites is 1. The van der Waals surface area contributed by atoms with Crippen LogP contribution in [-0.2, 0) is 4.79 Å². The number of nitrogens with one attached hydrogen (secondary N) is 1. The molecule has 2 rings (SSSR count). The Morgan fingerprint density at radius 1 is 0.905 bits per heavy atom. The summed E-state index contributed by atoms with van der Waals surface area (Å²) in [5, 5.41) is 2.95. The van der Waals surface area contributed by atoms with Gasteiger partial charge in [0.2, 0.25) is 5.91 Å². The second-order valence-electron chi connectivity index (χ2n) is 5.87. The molecule has 0 aromatic heterocycles. The van der Waals surface area contributed by atoms with E-state index in [0.717, 1.165) is 16.8 Å². The van der Waals surface area contributed by atoms with Crippen molar-refractivity contribution in [2.75, 3.05) is 5.32 Å². The minimum atomic E-state index is -0.431. The Balaban J connectivity index is 2.26. The molecule has 1 N–H and O–H groups in total. The predicted molar refractivity (Wildman–Crippen MR) is 86.9 cm³/mol. The van der Waals surface area contributed by atoms with Crippen LogP contribution < -0.4 is 5.32 Å². The lowest BCUT2D eigenvalue weighted by molar-refractivity contribution is -0.123. The zero-order valence-corrected chi connectivity index (χ0v) is 12.6. The Kier molecular flexibility index (Phi) is 4.45. The maximum absolute atomic E-state index is 12.1. The van der Waals surface area contributed by atoms with Crippen LogP contribution in [0.3, 0.4) is 0 Å². The standard InChI is InChI=1S/C19H19NO/c1-19(2,3)18(21)20-17-12-8-7-11-16(17)14-13-15-9-5-4-6-10-15/h4-12H,1-3H3,(H,20,21). The quantitative estimate of drug-likeness (QED) is 0.782. The molecular weight excluding hydrogens is 258 g/mol. The van der Waals surface area contributed by atoms with Crippen LogP contribution in [-0.4, -0.2) is 5.91 Å². The monoisotopic (exact) mass is 277 g/mol. The molecule has 2 aromatic rings. The predicted octanol–water partition coefficient (Wildman–Crippen LogP) is 4.07. The van der Waals surface area contributed by atoms with Crippen LogP contribution in [0.2, 0.25) is 0 Å². The first kappa shape index (κ1) is 14.9. The summed E-state index contributed by atoms with van der Waals surface area (Å²) >= 11 is 0. The van der Waals surface area contributed by atoms with E-state index in [1.54, 1.807) is 0 Å². The number of anilines is 1. The van der Waals surface area contributed by atoms with Crippen molar-refractivity contribution in [3.8, 4) is 11.8 Å². The fourth-order valence-corrected chi connectivity index (χ4v) is 1.67. The average molecular weight is 277 g/mol. The Bertz CT molecular complexity index is 685. The highest BCUT2D eigenvalue weighted by molar-refractivity contribution is 5.95. The fourth-order valence-electron chi connectivity index (χ4n) is 1.67. The summed E-state index contributed by atoms with van der Waals surface area (Å²) in [5.41, 5.74) is 2.09. The fraction of sp³-hybridized carbons (Fsp3) is 0.211. The normalized spacial score (nSPS) is 10.4. The summed E-state index contributed by atoms with van der Waals surface area (Å²) in [7, 11) is 0. The largest absolute Gasteiger partial charge is 0.325 e. The molecule has 2 nitrogen and oxygen atoms in total. The first-order valence-corrected chi connectivity index (χ1v) is 6.94. The van der Waals surface area contributed by atoms with Crippen molar-refractivity contribution in [3.63, 3.8) is 0 Å². The molecule has 0 unspecified atom stereocenters. The molecule has 106 valence electrons. The third-order valence-electron chi connectivity index (χ3n) is 2.97. The topological polar surface area (TPSA) is 29.1 Å². The molecule has 0 bridgehead atoms. The molecule has 0 saturated heterocycles. The first-order valence-electron chi connectivity index (χ1n) is 6.94. The lowest BCUT2D eigenvalue weighted by Gasteiger charge is -2.18. The van der Waals surface area contributed by atoms with Gasteiger partial charge in [0.1, 0.15) is 0 Å².